The normalized spacial score (nSPS) is 26.2. The molecular weight excluding hydrogens is 460 g/mol. The number of hydrogen-bond acceptors (Lipinski definition) is 7. The van der Waals surface area contributed by atoms with E-state index in [1.165, 1.54) is 44.8 Å². The van der Waals surface area contributed by atoms with Crippen molar-refractivity contribution in [3.05, 3.63) is 46.1 Å². The van der Waals surface area contributed by atoms with Gasteiger partial charge in [-0.25, -0.2) is 4.79 Å². The van der Waals surface area contributed by atoms with Crippen molar-refractivity contribution >= 4 is 17.9 Å². The molecule has 3 aliphatic rings. The molecule has 0 saturated heterocycles. The number of carbonyl (C=O) groups excluding carboxylic acids is 3. The fourth-order valence-electron chi connectivity index (χ4n) is 5.37. The van der Waals surface area contributed by atoms with Crippen LogP contribution in [0.15, 0.2) is 46.1 Å². The van der Waals surface area contributed by atoms with E-state index < -0.39 is 36.6 Å². The van der Waals surface area contributed by atoms with Gasteiger partial charge in [0.2, 0.25) is 6.29 Å². The molecule has 2 aliphatic heterocycles. The largest absolute Gasteiger partial charge is 0.432 e. The van der Waals surface area contributed by atoms with E-state index in [9.17, 15) is 14.4 Å². The van der Waals surface area contributed by atoms with Crippen molar-refractivity contribution in [3.63, 3.8) is 0 Å². The van der Waals surface area contributed by atoms with Crippen LogP contribution in [0.5, 0.6) is 0 Å². The van der Waals surface area contributed by atoms with E-state index in [0.717, 1.165) is 24.8 Å². The van der Waals surface area contributed by atoms with Crippen molar-refractivity contribution in [1.29, 1.82) is 0 Å². The number of ether oxygens (including phenoxy) is 4. The highest BCUT2D eigenvalue weighted by atomic mass is 16.7. The first-order valence-electron chi connectivity index (χ1n) is 12.9. The third kappa shape index (κ3) is 7.42. The van der Waals surface area contributed by atoms with Crippen molar-refractivity contribution in [2.45, 2.75) is 112 Å². The molecular formula is C29H40O7. The molecule has 0 radical (unpaired) electrons. The molecule has 0 aromatic rings. The van der Waals surface area contributed by atoms with Gasteiger partial charge in [0.25, 0.3) is 6.29 Å². The van der Waals surface area contributed by atoms with Crippen molar-refractivity contribution in [1.82, 2.24) is 0 Å². The Morgan fingerprint density at radius 1 is 1.11 bits per heavy atom. The van der Waals surface area contributed by atoms with E-state index in [0.29, 0.717) is 23.8 Å². The van der Waals surface area contributed by atoms with Gasteiger partial charge in [0, 0.05) is 25.5 Å². The molecule has 3 rings (SSSR count). The topological polar surface area (TPSA) is 88.1 Å². The van der Waals surface area contributed by atoms with Gasteiger partial charge in [-0.1, -0.05) is 42.7 Å². The summed E-state index contributed by atoms with van der Waals surface area (Å²) in [5.74, 6) is -1.62. The Morgan fingerprint density at radius 3 is 2.47 bits per heavy atom. The first-order valence-corrected chi connectivity index (χ1v) is 12.9. The third-order valence-electron chi connectivity index (χ3n) is 7.26. The van der Waals surface area contributed by atoms with Crippen LogP contribution < -0.4 is 0 Å². The number of carbonyl (C=O) groups is 3. The highest BCUT2D eigenvalue weighted by molar-refractivity contribution is 5.86. The average molecular weight is 501 g/mol. The smallest absolute Gasteiger partial charge is 0.334 e. The van der Waals surface area contributed by atoms with Crippen molar-refractivity contribution in [2.75, 3.05) is 0 Å². The van der Waals surface area contributed by atoms with Crippen LogP contribution in [0.4, 0.5) is 0 Å². The fraction of sp³-hybridized carbons (Fsp3) is 0.621. The van der Waals surface area contributed by atoms with Gasteiger partial charge in [-0.3, -0.25) is 9.59 Å². The number of rotatable bonds is 9. The first-order chi connectivity index (χ1) is 17.0. The van der Waals surface area contributed by atoms with Gasteiger partial charge in [-0.2, -0.15) is 0 Å². The standard InChI is InChI=1S/C29H40O7/c1-18(12-14-24-19(2)10-8-16-29(24,5)6)9-7-11-22-13-15-25(35-27(22)33-20(3)30)23-17-26(32)36-28(23)34-21(4)31/h9,13,17,25,27-28H,7-8,10-12,14-16H2,1-6H3/b18-9+/t25-,27-,28+/m1/s1. The summed E-state index contributed by atoms with van der Waals surface area (Å²) < 4.78 is 21.6. The summed E-state index contributed by atoms with van der Waals surface area (Å²) >= 11 is 0. The van der Waals surface area contributed by atoms with Crippen LogP contribution in [0.2, 0.25) is 0 Å². The lowest BCUT2D eigenvalue weighted by atomic mass is 9.71. The second-order valence-electron chi connectivity index (χ2n) is 10.7. The van der Waals surface area contributed by atoms with Gasteiger partial charge in [0.1, 0.15) is 0 Å². The van der Waals surface area contributed by atoms with Gasteiger partial charge >= 0.3 is 17.9 Å². The number of hydrogen-bond donors (Lipinski definition) is 0. The predicted molar refractivity (Wildman–Crippen MR) is 135 cm³/mol. The molecule has 1 aliphatic carbocycles. The zero-order valence-electron chi connectivity index (χ0n) is 22.5. The molecule has 7 nitrogen and oxygen atoms in total. The maximum atomic E-state index is 11.8. The zero-order chi connectivity index (χ0) is 26.5. The molecule has 0 aromatic heterocycles. The molecule has 0 unspecified atom stereocenters. The van der Waals surface area contributed by atoms with Crippen molar-refractivity contribution in [3.8, 4) is 0 Å². The van der Waals surface area contributed by atoms with E-state index in [1.807, 2.05) is 6.08 Å². The molecule has 36 heavy (non-hydrogen) atoms. The Morgan fingerprint density at radius 2 is 1.81 bits per heavy atom. The van der Waals surface area contributed by atoms with Crippen molar-refractivity contribution in [2.24, 2.45) is 5.41 Å². The quantitative estimate of drug-likeness (QED) is 0.283. The van der Waals surface area contributed by atoms with Crippen LogP contribution >= 0.6 is 0 Å². The van der Waals surface area contributed by atoms with Crippen LogP contribution in [0, 0.1) is 5.41 Å². The van der Waals surface area contributed by atoms with E-state index in [2.05, 4.69) is 33.8 Å². The summed E-state index contributed by atoms with van der Waals surface area (Å²) in [7, 11) is 0. The third-order valence-corrected chi connectivity index (χ3v) is 7.26. The van der Waals surface area contributed by atoms with E-state index in [1.54, 1.807) is 11.1 Å². The van der Waals surface area contributed by atoms with Crippen molar-refractivity contribution < 1.29 is 33.3 Å². The summed E-state index contributed by atoms with van der Waals surface area (Å²) in [5.41, 5.74) is 6.11. The summed E-state index contributed by atoms with van der Waals surface area (Å²) in [6, 6.07) is 0. The lowest BCUT2D eigenvalue weighted by Gasteiger charge is -2.35. The molecule has 7 heteroatoms. The molecule has 198 valence electrons. The summed E-state index contributed by atoms with van der Waals surface area (Å²) in [5, 5.41) is 0. The van der Waals surface area contributed by atoms with Crippen LogP contribution in [0.25, 0.3) is 0 Å². The average Bonchev–Trinajstić information content (AvgIpc) is 3.12. The Balaban J connectivity index is 1.61. The minimum absolute atomic E-state index is 0.291. The van der Waals surface area contributed by atoms with Gasteiger partial charge in [0.15, 0.2) is 0 Å². The molecule has 0 aromatic carbocycles. The van der Waals surface area contributed by atoms with Crippen LogP contribution in [0.3, 0.4) is 0 Å². The molecule has 0 N–H and O–H groups in total. The molecule has 0 amide bonds. The number of esters is 3. The lowest BCUT2D eigenvalue weighted by molar-refractivity contribution is -0.184. The maximum Gasteiger partial charge on any atom is 0.334 e. The Kier molecular flexibility index (Phi) is 9.34. The molecule has 3 atom stereocenters. The van der Waals surface area contributed by atoms with Gasteiger partial charge in [-0.15, -0.1) is 0 Å². The second-order valence-corrected chi connectivity index (χ2v) is 10.7. The van der Waals surface area contributed by atoms with Gasteiger partial charge < -0.3 is 18.9 Å². The van der Waals surface area contributed by atoms with Gasteiger partial charge in [0.05, 0.1) is 6.10 Å². The number of cyclic esters (lactones) is 1. The Bertz CT molecular complexity index is 995. The van der Waals surface area contributed by atoms with Gasteiger partial charge in [-0.05, 0) is 76.2 Å². The molecule has 2 heterocycles. The van der Waals surface area contributed by atoms with E-state index in [-0.39, 0.29) is 0 Å². The lowest BCUT2D eigenvalue weighted by Crippen LogP contribution is -2.35. The molecule has 0 saturated carbocycles. The Hall–Kier alpha value is -2.67. The molecule has 0 bridgehead atoms. The molecule has 0 spiro atoms. The second kappa shape index (κ2) is 12.0. The zero-order valence-corrected chi connectivity index (χ0v) is 22.5. The summed E-state index contributed by atoms with van der Waals surface area (Å²) in [6.45, 7) is 11.8. The van der Waals surface area contributed by atoms with E-state index in [4.69, 9.17) is 18.9 Å². The van der Waals surface area contributed by atoms with Crippen LogP contribution in [-0.2, 0) is 33.3 Å². The Labute approximate surface area is 214 Å². The monoisotopic (exact) mass is 500 g/mol. The maximum absolute atomic E-state index is 11.8. The number of allylic oxidation sites excluding steroid dienone is 4. The SMILES string of the molecule is CC(=O)O[C@@H]1O[C@@H](C2=CC(=O)O[C@@H]2OC(C)=O)CC=C1CC/C=C(\C)CCC1=C(C)CCCC1(C)C. The molecule has 0 fully saturated rings. The highest BCUT2D eigenvalue weighted by Crippen LogP contribution is 2.42. The highest BCUT2D eigenvalue weighted by Gasteiger charge is 2.38. The summed E-state index contributed by atoms with van der Waals surface area (Å²) in [4.78, 5) is 34.9. The summed E-state index contributed by atoms with van der Waals surface area (Å²) in [6.07, 6.45) is 10.8. The van der Waals surface area contributed by atoms with Crippen LogP contribution in [-0.4, -0.2) is 36.6 Å². The fourth-order valence-corrected chi connectivity index (χ4v) is 5.37. The first kappa shape index (κ1) is 27.9. The minimum Gasteiger partial charge on any atom is -0.432 e. The van der Waals surface area contributed by atoms with Crippen LogP contribution in [0.1, 0.15) is 92.9 Å². The van der Waals surface area contributed by atoms with E-state index >= 15 is 0 Å². The predicted octanol–water partition coefficient (Wildman–Crippen LogP) is 6.00. The minimum atomic E-state index is -1.12.